The van der Waals surface area contributed by atoms with Gasteiger partial charge in [0.2, 0.25) is 0 Å². The normalized spacial score (nSPS) is 20.1. The highest BCUT2D eigenvalue weighted by atomic mass is 16.2. The van der Waals surface area contributed by atoms with E-state index in [2.05, 4.69) is 18.7 Å². The smallest absolute Gasteiger partial charge is 0.317 e. The lowest BCUT2D eigenvalue weighted by Crippen LogP contribution is -2.39. The molecular formula is C24H31N5O2. The van der Waals surface area contributed by atoms with Gasteiger partial charge in [0.1, 0.15) is 5.82 Å². The summed E-state index contributed by atoms with van der Waals surface area (Å²) in [5.74, 6) is 2.10. The van der Waals surface area contributed by atoms with Crippen LogP contribution in [0.5, 0.6) is 0 Å². The van der Waals surface area contributed by atoms with E-state index in [1.165, 1.54) is 18.0 Å². The van der Waals surface area contributed by atoms with Gasteiger partial charge in [-0.25, -0.2) is 9.78 Å². The van der Waals surface area contributed by atoms with Gasteiger partial charge in [0, 0.05) is 33.7 Å². The average Bonchev–Trinajstić information content (AvgIpc) is 3.09. The van der Waals surface area contributed by atoms with Crippen LogP contribution in [0, 0.1) is 11.8 Å². The molecular weight excluding hydrogens is 390 g/mol. The number of hydrogen-bond donors (Lipinski definition) is 0. The van der Waals surface area contributed by atoms with Crippen LogP contribution in [-0.2, 0) is 27.2 Å². The maximum absolute atomic E-state index is 13.0. The molecule has 0 spiro atoms. The Kier molecular flexibility index (Phi) is 5.96. The molecule has 2 aromatic heterocycles. The van der Waals surface area contributed by atoms with E-state index >= 15 is 0 Å². The highest BCUT2D eigenvalue weighted by Crippen LogP contribution is 2.23. The Bertz CT molecular complexity index is 1210. The largest absolute Gasteiger partial charge is 0.332 e. The third kappa shape index (κ3) is 4.28. The molecule has 7 heteroatoms. The van der Waals surface area contributed by atoms with Crippen LogP contribution in [0.15, 0.2) is 46.0 Å². The van der Waals surface area contributed by atoms with E-state index in [1.807, 2.05) is 47.1 Å². The Labute approximate surface area is 182 Å². The van der Waals surface area contributed by atoms with E-state index in [-0.39, 0.29) is 11.2 Å². The molecule has 0 radical (unpaired) electrons. The van der Waals surface area contributed by atoms with E-state index < -0.39 is 0 Å². The van der Waals surface area contributed by atoms with Gasteiger partial charge in [-0.3, -0.25) is 18.8 Å². The zero-order chi connectivity index (χ0) is 22.1. The summed E-state index contributed by atoms with van der Waals surface area (Å²) in [5.41, 5.74) is 1.39. The molecule has 31 heavy (non-hydrogen) atoms. The molecule has 2 atom stereocenters. The minimum atomic E-state index is -0.353. The molecule has 0 aliphatic carbocycles. The molecule has 0 bridgehead atoms. The number of piperidine rings is 1. The molecule has 0 saturated carbocycles. The molecule has 0 N–H and O–H groups in total. The van der Waals surface area contributed by atoms with Gasteiger partial charge in [0.05, 0.1) is 6.54 Å². The lowest BCUT2D eigenvalue weighted by Gasteiger charge is -2.34. The van der Waals surface area contributed by atoms with E-state index in [4.69, 9.17) is 4.98 Å². The number of fused-ring (bicyclic) bond motifs is 1. The molecule has 0 unspecified atom stereocenters. The fraction of sp³-hybridized carbons (Fsp3) is 0.458. The summed E-state index contributed by atoms with van der Waals surface area (Å²) in [4.78, 5) is 32.7. The van der Waals surface area contributed by atoms with E-state index in [0.717, 1.165) is 29.0 Å². The van der Waals surface area contributed by atoms with Gasteiger partial charge in [0.25, 0.3) is 5.56 Å². The molecule has 1 aliphatic heterocycles. The van der Waals surface area contributed by atoms with Gasteiger partial charge < -0.3 is 4.57 Å². The summed E-state index contributed by atoms with van der Waals surface area (Å²) in [7, 11) is 3.20. The lowest BCUT2D eigenvalue weighted by molar-refractivity contribution is 0.130. The van der Waals surface area contributed by atoms with Gasteiger partial charge in [-0.2, -0.15) is 0 Å². The van der Waals surface area contributed by atoms with Crippen molar-refractivity contribution in [3.05, 3.63) is 68.6 Å². The monoisotopic (exact) mass is 421 g/mol. The van der Waals surface area contributed by atoms with Gasteiger partial charge in [-0.1, -0.05) is 56.3 Å². The molecule has 3 heterocycles. The molecule has 0 amide bonds. The number of aromatic nitrogens is 4. The van der Waals surface area contributed by atoms with Crippen molar-refractivity contribution < 1.29 is 0 Å². The first kappa shape index (κ1) is 21.3. The Morgan fingerprint density at radius 2 is 1.71 bits per heavy atom. The van der Waals surface area contributed by atoms with Crippen LogP contribution in [0.2, 0.25) is 0 Å². The van der Waals surface area contributed by atoms with Gasteiger partial charge in [-0.15, -0.1) is 0 Å². The first-order chi connectivity index (χ1) is 14.8. The Morgan fingerprint density at radius 1 is 1.03 bits per heavy atom. The number of imidazole rings is 1. The first-order valence-corrected chi connectivity index (χ1v) is 10.9. The number of hydrogen-bond acceptors (Lipinski definition) is 4. The summed E-state index contributed by atoms with van der Waals surface area (Å²) in [5, 5.41) is 0. The van der Waals surface area contributed by atoms with Crippen molar-refractivity contribution in [2.24, 2.45) is 25.9 Å². The summed E-state index contributed by atoms with van der Waals surface area (Å²) in [6, 6.07) is 10.1. The SMILES string of the molecule is C[C@@H]1C[C@H](C)CN(Cc2nc3c(c(=O)n(C)c(=O)n3C)n2C/C=C/c2ccccc2)C1. The van der Waals surface area contributed by atoms with Crippen molar-refractivity contribution in [2.75, 3.05) is 13.1 Å². The van der Waals surface area contributed by atoms with Gasteiger partial charge in [-0.05, 0) is 23.8 Å². The summed E-state index contributed by atoms with van der Waals surface area (Å²) < 4.78 is 4.61. The number of benzene rings is 1. The maximum Gasteiger partial charge on any atom is 0.332 e. The quantitative estimate of drug-likeness (QED) is 0.635. The molecule has 164 valence electrons. The predicted octanol–water partition coefficient (Wildman–Crippen LogP) is 2.63. The van der Waals surface area contributed by atoms with Gasteiger partial charge >= 0.3 is 5.69 Å². The molecule has 1 aliphatic rings. The van der Waals surface area contributed by atoms with Crippen LogP contribution in [0.25, 0.3) is 17.2 Å². The topological polar surface area (TPSA) is 65.1 Å². The van der Waals surface area contributed by atoms with Crippen molar-refractivity contribution >= 4 is 17.2 Å². The van der Waals surface area contributed by atoms with Crippen molar-refractivity contribution in [2.45, 2.75) is 33.4 Å². The Balaban J connectivity index is 1.76. The summed E-state index contributed by atoms with van der Waals surface area (Å²) >= 11 is 0. The second-order valence-corrected chi connectivity index (χ2v) is 8.97. The zero-order valence-corrected chi connectivity index (χ0v) is 18.8. The van der Waals surface area contributed by atoms with Crippen LogP contribution < -0.4 is 11.2 Å². The zero-order valence-electron chi connectivity index (χ0n) is 18.8. The Hall–Kier alpha value is -2.93. The highest BCUT2D eigenvalue weighted by Gasteiger charge is 2.25. The maximum atomic E-state index is 13.0. The number of rotatable bonds is 5. The van der Waals surface area contributed by atoms with Crippen LogP contribution >= 0.6 is 0 Å². The second kappa shape index (κ2) is 8.67. The third-order valence-corrected chi connectivity index (χ3v) is 6.13. The van der Waals surface area contributed by atoms with Crippen molar-refractivity contribution in [3.8, 4) is 0 Å². The van der Waals surface area contributed by atoms with E-state index in [1.54, 1.807) is 7.05 Å². The van der Waals surface area contributed by atoms with Crippen molar-refractivity contribution in [1.82, 2.24) is 23.6 Å². The standard InChI is InChI=1S/C24H31N5O2/c1-17-13-18(2)15-28(14-17)16-20-25-22-21(23(30)27(4)24(31)26(22)3)29(20)12-8-11-19-9-6-5-7-10-19/h5-11,17-18H,12-16H2,1-4H3/b11-8+/t17-,18+. The fourth-order valence-electron chi connectivity index (χ4n) is 4.79. The molecule has 4 rings (SSSR count). The number of nitrogens with zero attached hydrogens (tertiary/aromatic N) is 5. The average molecular weight is 422 g/mol. The van der Waals surface area contributed by atoms with Crippen molar-refractivity contribution in [3.63, 3.8) is 0 Å². The molecule has 7 nitrogen and oxygen atoms in total. The summed E-state index contributed by atoms with van der Waals surface area (Å²) in [6.07, 6.45) is 5.33. The predicted molar refractivity (Wildman–Crippen MR) is 124 cm³/mol. The number of likely N-dealkylation sites (tertiary alicyclic amines) is 1. The first-order valence-electron chi connectivity index (χ1n) is 10.9. The highest BCUT2D eigenvalue weighted by molar-refractivity contribution is 5.71. The number of aryl methyl sites for hydroxylation is 1. The fourth-order valence-corrected chi connectivity index (χ4v) is 4.79. The van der Waals surface area contributed by atoms with E-state index in [0.29, 0.717) is 36.1 Å². The molecule has 3 aromatic rings. The third-order valence-electron chi connectivity index (χ3n) is 6.13. The van der Waals surface area contributed by atoms with Crippen LogP contribution in [0.4, 0.5) is 0 Å². The Morgan fingerprint density at radius 3 is 2.39 bits per heavy atom. The summed E-state index contributed by atoms with van der Waals surface area (Å²) in [6.45, 7) is 7.79. The van der Waals surface area contributed by atoms with Crippen LogP contribution in [0.3, 0.4) is 0 Å². The number of allylic oxidation sites excluding steroid dienone is 1. The molecule has 1 aromatic carbocycles. The molecule has 1 saturated heterocycles. The van der Waals surface area contributed by atoms with E-state index in [9.17, 15) is 9.59 Å². The van der Waals surface area contributed by atoms with Gasteiger partial charge in [0.15, 0.2) is 11.2 Å². The van der Waals surface area contributed by atoms with Crippen LogP contribution in [0.1, 0.15) is 31.7 Å². The minimum absolute atomic E-state index is 0.301. The van der Waals surface area contributed by atoms with Crippen molar-refractivity contribution in [1.29, 1.82) is 0 Å². The molecule has 1 fully saturated rings. The second-order valence-electron chi connectivity index (χ2n) is 8.97. The minimum Gasteiger partial charge on any atom is -0.317 e. The van der Waals surface area contributed by atoms with Crippen LogP contribution in [-0.4, -0.2) is 36.7 Å². The lowest BCUT2D eigenvalue weighted by atomic mass is 9.92.